The lowest BCUT2D eigenvalue weighted by Gasteiger charge is -2.33. The zero-order chi connectivity index (χ0) is 17.0. The van der Waals surface area contributed by atoms with E-state index in [1.54, 1.807) is 0 Å². The van der Waals surface area contributed by atoms with E-state index in [0.717, 1.165) is 30.3 Å². The van der Waals surface area contributed by atoms with Crippen molar-refractivity contribution < 1.29 is 9.47 Å². The highest BCUT2D eigenvalue weighted by Gasteiger charge is 2.32. The Kier molecular flexibility index (Phi) is 5.13. The summed E-state index contributed by atoms with van der Waals surface area (Å²) in [6.07, 6.45) is 4.78. The van der Waals surface area contributed by atoms with Crippen molar-refractivity contribution in [2.24, 2.45) is 5.92 Å². The third kappa shape index (κ3) is 3.75. The highest BCUT2D eigenvalue weighted by Crippen LogP contribution is 2.37. The van der Waals surface area contributed by atoms with Crippen LogP contribution in [0.25, 0.3) is 0 Å². The lowest BCUT2D eigenvalue weighted by molar-refractivity contribution is 0.0572. The van der Waals surface area contributed by atoms with Gasteiger partial charge in [0.15, 0.2) is 0 Å². The first kappa shape index (κ1) is 16.9. The molecule has 1 aliphatic carbocycles. The minimum Gasteiger partial charge on any atom is -0.490 e. The molecule has 1 saturated carbocycles. The Morgan fingerprint density at radius 3 is 2.08 bits per heavy atom. The van der Waals surface area contributed by atoms with Crippen LogP contribution in [-0.4, -0.2) is 6.10 Å². The van der Waals surface area contributed by atoms with Gasteiger partial charge in [0.1, 0.15) is 17.1 Å². The minimum atomic E-state index is -0.290. The standard InChI is InChI=1S/C22H28O2/c1-4-22(5-2,24-21-9-7-6-8-10-21)19-13-15-20(16-14-19)23-17(3)18-11-12-18/h6-10,13-18H,4-5,11-12H2,1-3H3. The summed E-state index contributed by atoms with van der Waals surface area (Å²) in [5.74, 6) is 2.62. The molecule has 2 aromatic carbocycles. The SMILES string of the molecule is CCC(CC)(Oc1ccccc1)c1ccc(OC(C)C2CC2)cc1. The van der Waals surface area contributed by atoms with Crippen LogP contribution in [0.4, 0.5) is 0 Å². The van der Waals surface area contributed by atoms with Crippen molar-refractivity contribution in [1.82, 2.24) is 0 Å². The van der Waals surface area contributed by atoms with Gasteiger partial charge in [0, 0.05) is 0 Å². The Bertz CT molecular complexity index is 625. The minimum absolute atomic E-state index is 0.290. The van der Waals surface area contributed by atoms with Gasteiger partial charge in [-0.15, -0.1) is 0 Å². The van der Waals surface area contributed by atoms with E-state index in [-0.39, 0.29) is 5.60 Å². The summed E-state index contributed by atoms with van der Waals surface area (Å²) in [6, 6.07) is 18.6. The Morgan fingerprint density at radius 2 is 1.54 bits per heavy atom. The number of hydrogen-bond acceptors (Lipinski definition) is 2. The van der Waals surface area contributed by atoms with E-state index in [2.05, 4.69) is 45.0 Å². The third-order valence-corrected chi connectivity index (χ3v) is 5.19. The molecule has 1 aliphatic rings. The van der Waals surface area contributed by atoms with Crippen molar-refractivity contribution in [2.75, 3.05) is 0 Å². The van der Waals surface area contributed by atoms with Crippen LogP contribution in [0.3, 0.4) is 0 Å². The largest absolute Gasteiger partial charge is 0.490 e. The van der Waals surface area contributed by atoms with E-state index < -0.39 is 0 Å². The average molecular weight is 324 g/mol. The van der Waals surface area contributed by atoms with Crippen molar-refractivity contribution in [3.05, 3.63) is 60.2 Å². The van der Waals surface area contributed by atoms with E-state index in [9.17, 15) is 0 Å². The number of rotatable bonds is 8. The summed E-state index contributed by atoms with van der Waals surface area (Å²) in [6.45, 7) is 6.55. The van der Waals surface area contributed by atoms with Gasteiger partial charge in [-0.05, 0) is 68.4 Å². The van der Waals surface area contributed by atoms with Crippen molar-refractivity contribution in [2.45, 2.75) is 58.2 Å². The molecule has 0 N–H and O–H groups in total. The normalized spacial score (nSPS) is 15.8. The van der Waals surface area contributed by atoms with Gasteiger partial charge < -0.3 is 9.47 Å². The molecule has 24 heavy (non-hydrogen) atoms. The van der Waals surface area contributed by atoms with Gasteiger partial charge in [-0.3, -0.25) is 0 Å². The zero-order valence-corrected chi connectivity index (χ0v) is 15.0. The van der Waals surface area contributed by atoms with Crippen LogP contribution in [-0.2, 0) is 5.60 Å². The molecule has 1 unspecified atom stereocenters. The second-order valence-electron chi connectivity index (χ2n) is 6.80. The van der Waals surface area contributed by atoms with E-state index in [4.69, 9.17) is 9.47 Å². The smallest absolute Gasteiger partial charge is 0.133 e. The monoisotopic (exact) mass is 324 g/mol. The fourth-order valence-electron chi connectivity index (χ4n) is 3.29. The average Bonchev–Trinajstić information content (AvgIpc) is 3.47. The van der Waals surface area contributed by atoms with E-state index in [1.165, 1.54) is 18.4 Å². The Hall–Kier alpha value is -1.96. The Balaban J connectivity index is 1.77. The molecule has 0 heterocycles. The molecule has 2 aromatic rings. The predicted octanol–water partition coefficient (Wildman–Crippen LogP) is 5.96. The van der Waals surface area contributed by atoms with E-state index in [1.807, 2.05) is 30.3 Å². The van der Waals surface area contributed by atoms with Gasteiger partial charge in [-0.25, -0.2) is 0 Å². The third-order valence-electron chi connectivity index (χ3n) is 5.19. The van der Waals surface area contributed by atoms with Gasteiger partial charge in [0.05, 0.1) is 6.10 Å². The molecule has 0 radical (unpaired) electrons. The maximum absolute atomic E-state index is 6.41. The van der Waals surface area contributed by atoms with Crippen LogP contribution in [0.2, 0.25) is 0 Å². The first-order valence-electron chi connectivity index (χ1n) is 9.18. The highest BCUT2D eigenvalue weighted by molar-refractivity contribution is 5.33. The molecular formula is C22H28O2. The van der Waals surface area contributed by atoms with Crippen LogP contribution in [0, 0.1) is 5.92 Å². The molecule has 3 rings (SSSR count). The van der Waals surface area contributed by atoms with E-state index >= 15 is 0 Å². The fraction of sp³-hybridized carbons (Fsp3) is 0.455. The summed E-state index contributed by atoms with van der Waals surface area (Å²) in [4.78, 5) is 0. The number of hydrogen-bond donors (Lipinski definition) is 0. The van der Waals surface area contributed by atoms with Crippen LogP contribution in [0.1, 0.15) is 52.0 Å². The van der Waals surface area contributed by atoms with Gasteiger partial charge >= 0.3 is 0 Å². The highest BCUT2D eigenvalue weighted by atomic mass is 16.5. The molecule has 1 atom stereocenters. The van der Waals surface area contributed by atoms with Crippen LogP contribution in [0.15, 0.2) is 54.6 Å². The molecule has 1 fully saturated rings. The summed E-state index contributed by atoms with van der Waals surface area (Å²) in [5, 5.41) is 0. The van der Waals surface area contributed by atoms with Gasteiger partial charge in [-0.1, -0.05) is 44.2 Å². The maximum atomic E-state index is 6.41. The lowest BCUT2D eigenvalue weighted by Crippen LogP contribution is -2.31. The lowest BCUT2D eigenvalue weighted by atomic mass is 9.88. The van der Waals surface area contributed by atoms with Crippen LogP contribution < -0.4 is 9.47 Å². The predicted molar refractivity (Wildman–Crippen MR) is 98.6 cm³/mol. The van der Waals surface area contributed by atoms with Crippen molar-refractivity contribution in [1.29, 1.82) is 0 Å². The van der Waals surface area contributed by atoms with E-state index in [0.29, 0.717) is 6.10 Å². The van der Waals surface area contributed by atoms with Crippen molar-refractivity contribution >= 4 is 0 Å². The van der Waals surface area contributed by atoms with Crippen molar-refractivity contribution in [3.63, 3.8) is 0 Å². The summed E-state index contributed by atoms with van der Waals surface area (Å²) in [7, 11) is 0. The second-order valence-corrected chi connectivity index (χ2v) is 6.80. The summed E-state index contributed by atoms with van der Waals surface area (Å²) >= 11 is 0. The first-order valence-corrected chi connectivity index (χ1v) is 9.18. The number of para-hydroxylation sites is 1. The molecule has 0 bridgehead atoms. The molecule has 0 aliphatic heterocycles. The van der Waals surface area contributed by atoms with Crippen molar-refractivity contribution in [3.8, 4) is 11.5 Å². The topological polar surface area (TPSA) is 18.5 Å². The summed E-state index contributed by atoms with van der Waals surface area (Å²) in [5.41, 5.74) is 0.921. The maximum Gasteiger partial charge on any atom is 0.133 e. The fourth-order valence-corrected chi connectivity index (χ4v) is 3.29. The Labute approximate surface area is 145 Å². The van der Waals surface area contributed by atoms with Crippen LogP contribution in [0.5, 0.6) is 11.5 Å². The Morgan fingerprint density at radius 1 is 0.917 bits per heavy atom. The van der Waals surface area contributed by atoms with Crippen LogP contribution >= 0.6 is 0 Å². The molecule has 128 valence electrons. The first-order chi connectivity index (χ1) is 11.7. The second kappa shape index (κ2) is 7.29. The quantitative estimate of drug-likeness (QED) is 0.596. The van der Waals surface area contributed by atoms with Gasteiger partial charge in [0.25, 0.3) is 0 Å². The molecule has 0 saturated heterocycles. The molecule has 0 spiro atoms. The molecular weight excluding hydrogens is 296 g/mol. The molecule has 2 heteroatoms. The molecule has 0 aromatic heterocycles. The molecule has 0 amide bonds. The zero-order valence-electron chi connectivity index (χ0n) is 15.0. The number of ether oxygens (including phenoxy) is 2. The van der Waals surface area contributed by atoms with Gasteiger partial charge in [-0.2, -0.15) is 0 Å². The molecule has 2 nitrogen and oxygen atoms in total. The number of benzene rings is 2. The van der Waals surface area contributed by atoms with Gasteiger partial charge in [0.2, 0.25) is 0 Å². The summed E-state index contributed by atoms with van der Waals surface area (Å²) < 4.78 is 12.5.